The molecule has 1 saturated heterocycles. The average Bonchev–Trinajstić information content (AvgIpc) is 3.74. The van der Waals surface area contributed by atoms with E-state index in [-0.39, 0.29) is 36.0 Å². The summed E-state index contributed by atoms with van der Waals surface area (Å²) < 4.78 is 10.8. The highest BCUT2D eigenvalue weighted by molar-refractivity contribution is 6.06. The first-order valence-corrected chi connectivity index (χ1v) is 13.8. The average molecular weight is 586 g/mol. The number of aromatic amines is 2. The van der Waals surface area contributed by atoms with Crippen LogP contribution in [-0.2, 0) is 9.53 Å². The molecule has 1 atom stereocenters. The van der Waals surface area contributed by atoms with E-state index in [1.54, 1.807) is 31.6 Å². The van der Waals surface area contributed by atoms with E-state index in [1.165, 1.54) is 7.11 Å². The van der Waals surface area contributed by atoms with Crippen LogP contribution < -0.4 is 21.1 Å². The summed E-state index contributed by atoms with van der Waals surface area (Å²) in [5.74, 6) is 0.354. The van der Waals surface area contributed by atoms with Gasteiger partial charge in [0.25, 0.3) is 5.95 Å². The molecule has 6 N–H and O–H groups in total. The summed E-state index contributed by atoms with van der Waals surface area (Å²) in [5.41, 5.74) is 11.1. The highest BCUT2D eigenvalue weighted by Crippen LogP contribution is 2.33. The van der Waals surface area contributed by atoms with E-state index in [9.17, 15) is 9.59 Å². The maximum atomic E-state index is 13.1. The molecule has 1 aromatic carbocycles. The number of aryl methyl sites for hydroxylation is 1. The van der Waals surface area contributed by atoms with Crippen LogP contribution in [0.15, 0.2) is 59.6 Å². The number of aliphatic imine (C=N–C) groups is 1. The lowest BCUT2D eigenvalue weighted by Crippen LogP contribution is -2.33. The number of esters is 1. The van der Waals surface area contributed by atoms with Crippen LogP contribution >= 0.6 is 0 Å². The Morgan fingerprint density at radius 2 is 2.12 bits per heavy atom. The molecular weight excluding hydrogens is 550 g/mol. The number of para-hydroxylation sites is 1. The molecule has 224 valence electrons. The van der Waals surface area contributed by atoms with E-state index in [4.69, 9.17) is 15.2 Å². The number of amides is 1. The number of nitrogens with two attached hydrogens (primary N) is 1. The van der Waals surface area contributed by atoms with Crippen LogP contribution in [0, 0.1) is 6.92 Å². The predicted molar refractivity (Wildman–Crippen MR) is 164 cm³/mol. The molecule has 43 heavy (non-hydrogen) atoms. The molecule has 1 unspecified atom stereocenters. The summed E-state index contributed by atoms with van der Waals surface area (Å²) in [6.45, 7) is 5.27. The number of ether oxygens (including phenoxy) is 2. The van der Waals surface area contributed by atoms with Gasteiger partial charge in [0.15, 0.2) is 11.4 Å². The molecular formula is C30H35N9O4. The monoisotopic (exact) mass is 585 g/mol. The van der Waals surface area contributed by atoms with E-state index in [1.807, 2.05) is 43.1 Å². The van der Waals surface area contributed by atoms with Gasteiger partial charge in [0.2, 0.25) is 5.91 Å². The number of carbonyl (C=O) groups excluding carboxylic acids is 2. The van der Waals surface area contributed by atoms with Crippen LogP contribution in [0.5, 0.6) is 5.75 Å². The second-order valence-corrected chi connectivity index (χ2v) is 10.3. The molecule has 13 heteroatoms. The van der Waals surface area contributed by atoms with Crippen molar-refractivity contribution in [3.8, 4) is 17.0 Å². The maximum Gasteiger partial charge on any atom is 0.358 e. The third kappa shape index (κ3) is 6.67. The van der Waals surface area contributed by atoms with Crippen LogP contribution in [-0.4, -0.2) is 82.4 Å². The fourth-order valence-corrected chi connectivity index (χ4v) is 4.98. The molecule has 0 saturated carbocycles. The van der Waals surface area contributed by atoms with Gasteiger partial charge in [-0.1, -0.05) is 12.1 Å². The summed E-state index contributed by atoms with van der Waals surface area (Å²) in [7, 11) is 3.13. The van der Waals surface area contributed by atoms with E-state index >= 15 is 0 Å². The number of methoxy groups -OCH3 is 1. The van der Waals surface area contributed by atoms with Crippen molar-refractivity contribution in [2.24, 2.45) is 10.7 Å². The molecule has 1 amide bonds. The Bertz CT molecular complexity index is 1700. The minimum atomic E-state index is -0.489. The smallest absolute Gasteiger partial charge is 0.358 e. The van der Waals surface area contributed by atoms with Crippen LogP contribution in [0.25, 0.3) is 22.2 Å². The Kier molecular flexibility index (Phi) is 8.71. The quantitative estimate of drug-likeness (QED) is 0.106. The van der Waals surface area contributed by atoms with E-state index < -0.39 is 5.97 Å². The van der Waals surface area contributed by atoms with Crippen molar-refractivity contribution in [2.45, 2.75) is 26.4 Å². The van der Waals surface area contributed by atoms with E-state index in [0.717, 1.165) is 34.1 Å². The van der Waals surface area contributed by atoms with Crippen LogP contribution in [0.4, 0.5) is 11.6 Å². The fraction of sp³-hybridized carbons (Fsp3) is 0.300. The van der Waals surface area contributed by atoms with Crippen LogP contribution in [0.1, 0.15) is 29.4 Å². The first kappa shape index (κ1) is 29.3. The van der Waals surface area contributed by atoms with Gasteiger partial charge in [0.1, 0.15) is 11.9 Å². The topological polar surface area (TPSA) is 176 Å². The van der Waals surface area contributed by atoms with Gasteiger partial charge in [-0.2, -0.15) is 4.99 Å². The zero-order valence-corrected chi connectivity index (χ0v) is 24.5. The third-order valence-corrected chi connectivity index (χ3v) is 7.18. The van der Waals surface area contributed by atoms with Gasteiger partial charge in [0.05, 0.1) is 30.6 Å². The molecule has 0 spiro atoms. The number of hydrogen-bond donors (Lipinski definition) is 5. The standard InChI is InChI=1S/C30H35N9O4/c1-17-13-35-30(37-24(31)12-18(2)32-3)38-26(17)21-14-34-27-20(21)6-5-7-22(27)36-25(40)16-39-11-9-19(15-39)43-23-8-10-33-28(23)29(41)42-4/h5-8,10,12-14,19,32-34H,9,11,15-16H2,1-4H3,(H,36,40)(H2,31,35,37,38)/b18-12-. The number of carbonyl (C=O) groups is 2. The Hall–Kier alpha value is -5.17. The van der Waals surface area contributed by atoms with Gasteiger partial charge in [-0.3, -0.25) is 9.69 Å². The number of H-pyrrole nitrogens is 2. The number of aromatic nitrogens is 4. The number of rotatable bonds is 10. The largest absolute Gasteiger partial charge is 0.487 e. The number of amidine groups is 1. The first-order chi connectivity index (χ1) is 20.7. The number of benzene rings is 1. The Balaban J connectivity index is 1.27. The van der Waals surface area contributed by atoms with Gasteiger partial charge in [-0.25, -0.2) is 14.8 Å². The van der Waals surface area contributed by atoms with Gasteiger partial charge in [0, 0.05) is 55.4 Å². The molecule has 0 radical (unpaired) electrons. The SMILES string of the molecule is CN/C(C)=C\C(N)=N/c1ncc(C)c(-c2c[nH]c3c(NC(=O)CN4CCC(Oc5cc[nH]c5C(=O)OC)C4)cccc23)n1. The van der Waals surface area contributed by atoms with E-state index in [0.29, 0.717) is 30.2 Å². The lowest BCUT2D eigenvalue weighted by molar-refractivity contribution is -0.117. The lowest BCUT2D eigenvalue weighted by Gasteiger charge is -2.17. The highest BCUT2D eigenvalue weighted by Gasteiger charge is 2.27. The molecule has 3 aromatic heterocycles. The second kappa shape index (κ2) is 12.8. The Labute approximate surface area is 248 Å². The number of likely N-dealkylation sites (tertiary alicyclic amines) is 1. The zero-order valence-electron chi connectivity index (χ0n) is 24.5. The number of nitrogens with one attached hydrogen (secondary N) is 4. The molecule has 1 aliphatic heterocycles. The summed E-state index contributed by atoms with van der Waals surface area (Å²) in [6.07, 6.45) is 7.51. The number of anilines is 1. The fourth-order valence-electron chi connectivity index (χ4n) is 4.98. The van der Waals surface area contributed by atoms with Crippen molar-refractivity contribution in [2.75, 3.05) is 39.1 Å². The number of allylic oxidation sites excluding steroid dienone is 1. The van der Waals surface area contributed by atoms with Gasteiger partial charge < -0.3 is 35.8 Å². The third-order valence-electron chi connectivity index (χ3n) is 7.18. The van der Waals surface area contributed by atoms with Crippen molar-refractivity contribution in [1.29, 1.82) is 0 Å². The van der Waals surface area contributed by atoms with Gasteiger partial charge in [-0.05, 0) is 44.0 Å². The minimum Gasteiger partial charge on any atom is -0.487 e. The first-order valence-electron chi connectivity index (χ1n) is 13.8. The molecule has 4 aromatic rings. The molecule has 4 heterocycles. The molecule has 5 rings (SSSR count). The van der Waals surface area contributed by atoms with Gasteiger partial charge >= 0.3 is 5.97 Å². The summed E-state index contributed by atoms with van der Waals surface area (Å²) in [6, 6.07) is 7.42. The lowest BCUT2D eigenvalue weighted by atomic mass is 10.1. The molecule has 1 aliphatic rings. The van der Waals surface area contributed by atoms with Crippen molar-refractivity contribution in [3.63, 3.8) is 0 Å². The highest BCUT2D eigenvalue weighted by atomic mass is 16.5. The van der Waals surface area contributed by atoms with Crippen molar-refractivity contribution in [1.82, 2.24) is 30.2 Å². The van der Waals surface area contributed by atoms with Crippen LogP contribution in [0.3, 0.4) is 0 Å². The maximum absolute atomic E-state index is 13.1. The number of hydrogen-bond acceptors (Lipinski definition) is 9. The van der Waals surface area contributed by atoms with Crippen LogP contribution in [0.2, 0.25) is 0 Å². The second-order valence-electron chi connectivity index (χ2n) is 10.3. The molecule has 1 fully saturated rings. The molecule has 0 aliphatic carbocycles. The minimum absolute atomic E-state index is 0.142. The van der Waals surface area contributed by atoms with Crippen molar-refractivity contribution >= 4 is 40.3 Å². The summed E-state index contributed by atoms with van der Waals surface area (Å²) in [4.78, 5) is 46.5. The van der Waals surface area contributed by atoms with Crippen molar-refractivity contribution < 1.29 is 19.1 Å². The molecule has 0 bridgehead atoms. The van der Waals surface area contributed by atoms with Gasteiger partial charge in [-0.15, -0.1) is 0 Å². The Morgan fingerprint density at radius 1 is 1.28 bits per heavy atom. The predicted octanol–water partition coefficient (Wildman–Crippen LogP) is 3.25. The van der Waals surface area contributed by atoms with E-state index in [2.05, 4.69) is 35.6 Å². The normalized spacial score (nSPS) is 16.0. The number of nitrogens with zero attached hydrogens (tertiary/aromatic N) is 4. The number of fused-ring (bicyclic) bond motifs is 1. The summed E-state index contributed by atoms with van der Waals surface area (Å²) in [5, 5.41) is 6.94. The zero-order chi connectivity index (χ0) is 30.5. The Morgan fingerprint density at radius 3 is 2.91 bits per heavy atom. The summed E-state index contributed by atoms with van der Waals surface area (Å²) >= 11 is 0. The van der Waals surface area contributed by atoms with Crippen molar-refractivity contribution in [3.05, 3.63) is 65.9 Å². The molecule has 13 nitrogen and oxygen atoms in total.